The van der Waals surface area contributed by atoms with E-state index in [9.17, 15) is 15.0 Å². The van der Waals surface area contributed by atoms with Gasteiger partial charge in [-0.05, 0) is 36.5 Å². The highest BCUT2D eigenvalue weighted by Gasteiger charge is 2.40. The third-order valence-electron chi connectivity index (χ3n) is 6.17. The zero-order valence-corrected chi connectivity index (χ0v) is 17.0. The van der Waals surface area contributed by atoms with Crippen molar-refractivity contribution < 1.29 is 15.0 Å². The molecule has 6 nitrogen and oxygen atoms in total. The molecule has 5 rings (SSSR count). The molecule has 31 heavy (non-hydrogen) atoms. The Hall–Kier alpha value is -3.64. The number of carboxylic acid groups (broad SMARTS) is 1. The van der Waals surface area contributed by atoms with E-state index in [2.05, 4.69) is 5.32 Å². The summed E-state index contributed by atoms with van der Waals surface area (Å²) in [5, 5.41) is 21.6. The highest BCUT2D eigenvalue weighted by Crippen LogP contribution is 2.42. The number of imidazole rings is 1. The van der Waals surface area contributed by atoms with Crippen LogP contribution in [0, 0.1) is 0 Å². The second-order valence-electron chi connectivity index (χ2n) is 8.04. The Balaban J connectivity index is 1.62. The zero-order valence-electron chi connectivity index (χ0n) is 17.0. The van der Waals surface area contributed by atoms with Crippen LogP contribution < -0.4 is 5.32 Å². The number of hydrogen-bond acceptors (Lipinski definition) is 3. The second kappa shape index (κ2) is 7.56. The smallest absolute Gasteiger partial charge is 0.405 e. The van der Waals surface area contributed by atoms with E-state index in [0.29, 0.717) is 0 Å². The van der Waals surface area contributed by atoms with Crippen molar-refractivity contribution >= 4 is 11.7 Å². The van der Waals surface area contributed by atoms with Gasteiger partial charge < -0.3 is 15.5 Å². The largest absolute Gasteiger partial charge is 0.465 e. The molecule has 156 valence electrons. The number of benzene rings is 2. The van der Waals surface area contributed by atoms with Crippen LogP contribution in [0.15, 0.2) is 72.9 Å². The maximum Gasteiger partial charge on any atom is 0.405 e. The molecule has 2 aromatic carbocycles. The standard InChI is InChI=1S/C25H23N3O3/c29-16-17-7-12-21-26-22(23(28(21)15-17)19-5-2-1-3-6-19)18-8-10-20(11-9-18)25(13-4-14-25)27-24(30)31/h1-3,5-12,15,27,29H,4,13-14,16H2,(H,30,31). The van der Waals surface area contributed by atoms with Gasteiger partial charge in [-0.3, -0.25) is 4.40 Å². The summed E-state index contributed by atoms with van der Waals surface area (Å²) in [5.74, 6) is 0. The molecule has 0 atom stereocenters. The van der Waals surface area contributed by atoms with Gasteiger partial charge in [-0.25, -0.2) is 9.78 Å². The molecule has 0 bridgehead atoms. The summed E-state index contributed by atoms with van der Waals surface area (Å²) in [5.41, 5.74) is 5.92. The summed E-state index contributed by atoms with van der Waals surface area (Å²) in [6.45, 7) is -0.0367. The van der Waals surface area contributed by atoms with Gasteiger partial charge >= 0.3 is 6.09 Å². The summed E-state index contributed by atoms with van der Waals surface area (Å²) < 4.78 is 2.02. The third kappa shape index (κ3) is 3.35. The van der Waals surface area contributed by atoms with Crippen LogP contribution in [-0.2, 0) is 12.1 Å². The first-order valence-electron chi connectivity index (χ1n) is 10.4. The Labute approximate surface area is 179 Å². The predicted octanol–water partition coefficient (Wildman–Crippen LogP) is 4.81. The first-order chi connectivity index (χ1) is 15.1. The zero-order chi connectivity index (χ0) is 21.4. The van der Waals surface area contributed by atoms with Crippen LogP contribution in [0.4, 0.5) is 4.79 Å². The van der Waals surface area contributed by atoms with E-state index in [1.807, 2.05) is 77.3 Å². The average Bonchev–Trinajstić information content (AvgIpc) is 3.15. The first-order valence-corrected chi connectivity index (χ1v) is 10.4. The quantitative estimate of drug-likeness (QED) is 0.438. The number of aliphatic hydroxyl groups is 1. The van der Waals surface area contributed by atoms with Gasteiger partial charge in [0, 0.05) is 17.3 Å². The number of aliphatic hydroxyl groups excluding tert-OH is 1. The molecule has 1 amide bonds. The van der Waals surface area contributed by atoms with Crippen LogP contribution in [0.25, 0.3) is 28.2 Å². The SMILES string of the molecule is O=C(O)NC1(c2ccc(-c3nc4ccc(CO)cn4c3-c3ccccc3)cc2)CCC1. The summed E-state index contributed by atoms with van der Waals surface area (Å²) in [4.78, 5) is 16.2. The fraction of sp³-hybridized carbons (Fsp3) is 0.200. The van der Waals surface area contributed by atoms with E-state index in [1.54, 1.807) is 0 Å². The monoisotopic (exact) mass is 413 g/mol. The molecule has 2 aromatic heterocycles. The summed E-state index contributed by atoms with van der Waals surface area (Å²) in [7, 11) is 0. The van der Waals surface area contributed by atoms with Crippen molar-refractivity contribution in [3.63, 3.8) is 0 Å². The number of nitrogens with zero attached hydrogens (tertiary/aromatic N) is 2. The topological polar surface area (TPSA) is 86.9 Å². The van der Waals surface area contributed by atoms with Gasteiger partial charge in [0.25, 0.3) is 0 Å². The van der Waals surface area contributed by atoms with E-state index in [4.69, 9.17) is 4.98 Å². The average molecular weight is 413 g/mol. The van der Waals surface area contributed by atoms with Crippen LogP contribution in [0.5, 0.6) is 0 Å². The molecule has 0 aliphatic heterocycles. The molecule has 4 aromatic rings. The summed E-state index contributed by atoms with van der Waals surface area (Å²) in [6, 6.07) is 21.9. The summed E-state index contributed by atoms with van der Waals surface area (Å²) in [6.07, 6.45) is 3.57. The lowest BCUT2D eigenvalue weighted by Gasteiger charge is -2.42. The van der Waals surface area contributed by atoms with Crippen LogP contribution >= 0.6 is 0 Å². The lowest BCUT2D eigenvalue weighted by molar-refractivity contribution is 0.144. The first kappa shape index (κ1) is 19.3. The van der Waals surface area contributed by atoms with Gasteiger partial charge in [0.15, 0.2) is 0 Å². The van der Waals surface area contributed by atoms with Crippen molar-refractivity contribution in [2.45, 2.75) is 31.4 Å². The van der Waals surface area contributed by atoms with Crippen molar-refractivity contribution in [2.24, 2.45) is 0 Å². The number of pyridine rings is 1. The van der Waals surface area contributed by atoms with Gasteiger partial charge in [-0.15, -0.1) is 0 Å². The van der Waals surface area contributed by atoms with Gasteiger partial charge in [0.1, 0.15) is 5.65 Å². The molecule has 6 heteroatoms. The molecule has 1 saturated carbocycles. The lowest BCUT2D eigenvalue weighted by Crippen LogP contribution is -2.50. The number of fused-ring (bicyclic) bond motifs is 1. The molecule has 0 unspecified atom stereocenters. The highest BCUT2D eigenvalue weighted by atomic mass is 16.4. The van der Waals surface area contributed by atoms with E-state index in [0.717, 1.165) is 58.6 Å². The summed E-state index contributed by atoms with van der Waals surface area (Å²) >= 11 is 0. The molecule has 0 radical (unpaired) electrons. The number of amides is 1. The minimum absolute atomic E-state index is 0.0367. The van der Waals surface area contributed by atoms with Crippen molar-refractivity contribution in [1.29, 1.82) is 0 Å². The number of carbonyl (C=O) groups is 1. The second-order valence-corrected chi connectivity index (χ2v) is 8.04. The predicted molar refractivity (Wildman–Crippen MR) is 119 cm³/mol. The van der Waals surface area contributed by atoms with Gasteiger partial charge in [0.2, 0.25) is 0 Å². The number of hydrogen-bond donors (Lipinski definition) is 3. The van der Waals surface area contributed by atoms with E-state index in [-0.39, 0.29) is 6.61 Å². The molecular weight excluding hydrogens is 390 g/mol. The fourth-order valence-electron chi connectivity index (χ4n) is 4.42. The Morgan fingerprint density at radius 1 is 1.00 bits per heavy atom. The maximum atomic E-state index is 11.3. The Morgan fingerprint density at radius 2 is 1.74 bits per heavy atom. The Kier molecular flexibility index (Phi) is 4.71. The molecule has 2 heterocycles. The number of aromatic nitrogens is 2. The van der Waals surface area contributed by atoms with Crippen molar-refractivity contribution in [3.8, 4) is 22.5 Å². The van der Waals surface area contributed by atoms with Gasteiger partial charge in [-0.2, -0.15) is 0 Å². The molecule has 3 N–H and O–H groups in total. The van der Waals surface area contributed by atoms with E-state index in [1.165, 1.54) is 0 Å². The van der Waals surface area contributed by atoms with E-state index < -0.39 is 11.6 Å². The van der Waals surface area contributed by atoms with Crippen molar-refractivity contribution in [1.82, 2.24) is 14.7 Å². The fourth-order valence-corrected chi connectivity index (χ4v) is 4.42. The minimum atomic E-state index is -0.991. The maximum absolute atomic E-state index is 11.3. The number of nitrogens with one attached hydrogen (secondary N) is 1. The minimum Gasteiger partial charge on any atom is -0.465 e. The van der Waals surface area contributed by atoms with Crippen molar-refractivity contribution in [3.05, 3.63) is 84.1 Å². The van der Waals surface area contributed by atoms with Gasteiger partial charge in [-0.1, -0.05) is 60.7 Å². The van der Waals surface area contributed by atoms with Crippen LogP contribution in [0.2, 0.25) is 0 Å². The number of rotatable bonds is 5. The van der Waals surface area contributed by atoms with E-state index >= 15 is 0 Å². The molecular formula is C25H23N3O3. The third-order valence-corrected chi connectivity index (χ3v) is 6.17. The lowest BCUT2D eigenvalue weighted by atomic mass is 9.72. The molecule has 0 saturated heterocycles. The molecule has 1 aliphatic rings. The Bertz CT molecular complexity index is 1240. The Morgan fingerprint density at radius 3 is 2.35 bits per heavy atom. The van der Waals surface area contributed by atoms with Gasteiger partial charge in [0.05, 0.1) is 23.5 Å². The van der Waals surface area contributed by atoms with Crippen LogP contribution in [0.3, 0.4) is 0 Å². The van der Waals surface area contributed by atoms with Crippen LogP contribution in [-0.4, -0.2) is 25.7 Å². The molecule has 1 fully saturated rings. The normalized spacial score (nSPS) is 14.9. The molecule has 1 aliphatic carbocycles. The highest BCUT2D eigenvalue weighted by molar-refractivity contribution is 5.82. The van der Waals surface area contributed by atoms with Crippen molar-refractivity contribution in [2.75, 3.05) is 0 Å². The molecule has 0 spiro atoms. The van der Waals surface area contributed by atoms with Crippen LogP contribution in [0.1, 0.15) is 30.4 Å².